The van der Waals surface area contributed by atoms with Crippen molar-refractivity contribution in [3.05, 3.63) is 70.9 Å². The zero-order valence-corrected chi connectivity index (χ0v) is 14.9. The van der Waals surface area contributed by atoms with E-state index in [1.54, 1.807) is 12.3 Å². The fraction of sp³-hybridized carbons (Fsp3) is 0.263. The van der Waals surface area contributed by atoms with Crippen molar-refractivity contribution < 1.29 is 13.5 Å². The van der Waals surface area contributed by atoms with Gasteiger partial charge in [-0.15, -0.1) is 0 Å². The molecule has 0 fully saturated rings. The van der Waals surface area contributed by atoms with Gasteiger partial charge in [-0.05, 0) is 31.5 Å². The maximum atomic E-state index is 14.0. The first-order valence-electron chi connectivity index (χ1n) is 8.21. The number of imidazole rings is 1. The van der Waals surface area contributed by atoms with Gasteiger partial charge in [0.1, 0.15) is 5.82 Å². The summed E-state index contributed by atoms with van der Waals surface area (Å²) < 4.78 is 35.3. The highest BCUT2D eigenvalue weighted by molar-refractivity contribution is 5.35. The third-order valence-electron chi connectivity index (χ3n) is 4.23. The van der Waals surface area contributed by atoms with Crippen molar-refractivity contribution in [2.24, 2.45) is 7.05 Å². The van der Waals surface area contributed by atoms with Crippen molar-refractivity contribution in [2.75, 3.05) is 0 Å². The maximum absolute atomic E-state index is 14.0. The molecule has 0 saturated carbocycles. The van der Waals surface area contributed by atoms with Gasteiger partial charge in [-0.3, -0.25) is 0 Å². The molecule has 0 amide bonds. The van der Waals surface area contributed by atoms with Gasteiger partial charge in [-0.1, -0.05) is 12.1 Å². The van der Waals surface area contributed by atoms with Crippen LogP contribution in [-0.4, -0.2) is 14.5 Å². The van der Waals surface area contributed by atoms with Crippen molar-refractivity contribution >= 4 is 0 Å². The van der Waals surface area contributed by atoms with Crippen LogP contribution in [0.1, 0.15) is 22.6 Å². The highest BCUT2D eigenvalue weighted by atomic mass is 19.2. The van der Waals surface area contributed by atoms with Gasteiger partial charge in [-0.2, -0.15) is 4.39 Å². The topological polar surface area (TPSA) is 52.0 Å². The van der Waals surface area contributed by atoms with E-state index < -0.39 is 11.6 Å². The van der Waals surface area contributed by atoms with E-state index in [1.165, 1.54) is 19.1 Å². The van der Waals surface area contributed by atoms with Crippen LogP contribution in [-0.2, 0) is 20.1 Å². The molecular formula is C19H20F2N4O. The van der Waals surface area contributed by atoms with Crippen molar-refractivity contribution in [1.29, 1.82) is 0 Å². The quantitative estimate of drug-likeness (QED) is 0.728. The van der Waals surface area contributed by atoms with E-state index in [9.17, 15) is 8.78 Å². The first-order valence-corrected chi connectivity index (χ1v) is 8.21. The summed E-state index contributed by atoms with van der Waals surface area (Å²) in [5.41, 5.74) is 2.01. The lowest BCUT2D eigenvalue weighted by Gasteiger charge is -2.12. The van der Waals surface area contributed by atoms with Crippen molar-refractivity contribution in [3.8, 4) is 11.6 Å². The van der Waals surface area contributed by atoms with Gasteiger partial charge in [0.15, 0.2) is 11.6 Å². The Balaban J connectivity index is 1.72. The number of rotatable bonds is 6. The lowest BCUT2D eigenvalue weighted by Crippen LogP contribution is -2.16. The van der Waals surface area contributed by atoms with Crippen LogP contribution < -0.4 is 10.1 Å². The molecule has 0 aliphatic carbocycles. The predicted octanol–water partition coefficient (Wildman–Crippen LogP) is 3.79. The number of hydrogen-bond donors (Lipinski definition) is 1. The number of nitrogens with zero attached hydrogens (tertiary/aromatic N) is 3. The molecule has 2 heterocycles. The fourth-order valence-electron chi connectivity index (χ4n) is 2.50. The summed E-state index contributed by atoms with van der Waals surface area (Å²) in [5, 5.41) is 3.28. The minimum atomic E-state index is -1.01. The number of pyridine rings is 1. The van der Waals surface area contributed by atoms with Crippen LogP contribution in [0.2, 0.25) is 0 Å². The highest BCUT2D eigenvalue weighted by Gasteiger charge is 2.15. The number of aryl methyl sites for hydroxylation is 2. The predicted molar refractivity (Wildman–Crippen MR) is 93.9 cm³/mol. The molecule has 1 aromatic carbocycles. The van der Waals surface area contributed by atoms with Gasteiger partial charge in [0, 0.05) is 38.1 Å². The number of halogens is 2. The number of ether oxygens (including phenoxy) is 1. The van der Waals surface area contributed by atoms with Crippen LogP contribution in [0.3, 0.4) is 0 Å². The van der Waals surface area contributed by atoms with Crippen molar-refractivity contribution in [3.63, 3.8) is 0 Å². The third kappa shape index (κ3) is 3.72. The Bertz CT molecular complexity index is 924. The normalized spacial score (nSPS) is 11.0. The molecule has 0 saturated heterocycles. The molecule has 0 spiro atoms. The Hall–Kier alpha value is -2.80. The van der Waals surface area contributed by atoms with E-state index in [0.717, 1.165) is 17.1 Å². The number of hydrogen-bond acceptors (Lipinski definition) is 4. The standard InChI is InChI=1S/C19H20F2N4O/c1-12-6-7-16(18(21)17(12)20)26-19-14(5-4-8-23-19)9-22-10-15-11-24-13(2)25(15)3/h4-8,11,22H,9-10H2,1-3H3. The zero-order valence-electron chi connectivity index (χ0n) is 14.9. The molecule has 136 valence electrons. The summed E-state index contributed by atoms with van der Waals surface area (Å²) >= 11 is 0. The summed E-state index contributed by atoms with van der Waals surface area (Å²) in [5.74, 6) is -0.938. The van der Waals surface area contributed by atoms with Crippen molar-refractivity contribution in [2.45, 2.75) is 26.9 Å². The van der Waals surface area contributed by atoms with Gasteiger partial charge in [0.05, 0.1) is 5.69 Å². The first kappa shape index (κ1) is 18.0. The summed E-state index contributed by atoms with van der Waals surface area (Å²) in [4.78, 5) is 8.39. The molecule has 0 unspecified atom stereocenters. The number of nitrogens with one attached hydrogen (secondary N) is 1. The molecule has 0 aliphatic rings. The van der Waals surface area contributed by atoms with Crippen LogP contribution in [0.15, 0.2) is 36.7 Å². The van der Waals surface area contributed by atoms with E-state index >= 15 is 0 Å². The molecule has 0 aliphatic heterocycles. The Morgan fingerprint density at radius 3 is 2.62 bits per heavy atom. The van der Waals surface area contributed by atoms with E-state index in [0.29, 0.717) is 13.1 Å². The molecule has 3 aromatic rings. The molecule has 2 aromatic heterocycles. The zero-order chi connectivity index (χ0) is 18.7. The summed E-state index contributed by atoms with van der Waals surface area (Å²) in [7, 11) is 1.95. The van der Waals surface area contributed by atoms with Crippen LogP contribution in [0.25, 0.3) is 0 Å². The lowest BCUT2D eigenvalue weighted by molar-refractivity contribution is 0.399. The summed E-state index contributed by atoms with van der Waals surface area (Å²) in [6, 6.07) is 6.47. The minimum absolute atomic E-state index is 0.185. The average molecular weight is 358 g/mol. The molecular weight excluding hydrogens is 338 g/mol. The van der Waals surface area contributed by atoms with Crippen LogP contribution >= 0.6 is 0 Å². The molecule has 0 radical (unpaired) electrons. The maximum Gasteiger partial charge on any atom is 0.223 e. The molecule has 3 rings (SSSR count). The number of benzene rings is 1. The largest absolute Gasteiger partial charge is 0.435 e. The van der Waals surface area contributed by atoms with E-state index in [2.05, 4.69) is 15.3 Å². The lowest BCUT2D eigenvalue weighted by atomic mass is 10.2. The van der Waals surface area contributed by atoms with Crippen LogP contribution in [0.5, 0.6) is 11.6 Å². The molecule has 7 heteroatoms. The average Bonchev–Trinajstić information content (AvgIpc) is 2.95. The molecule has 1 N–H and O–H groups in total. The third-order valence-corrected chi connectivity index (χ3v) is 4.23. The van der Waals surface area contributed by atoms with Gasteiger partial charge in [0.25, 0.3) is 0 Å². The Morgan fingerprint density at radius 1 is 1.08 bits per heavy atom. The smallest absolute Gasteiger partial charge is 0.223 e. The van der Waals surface area contributed by atoms with Crippen LogP contribution in [0.4, 0.5) is 8.78 Å². The van der Waals surface area contributed by atoms with E-state index in [-0.39, 0.29) is 17.2 Å². The van der Waals surface area contributed by atoms with Crippen molar-refractivity contribution in [1.82, 2.24) is 19.9 Å². The SMILES string of the molecule is Cc1ccc(Oc2ncccc2CNCc2cnc(C)n2C)c(F)c1F. The summed E-state index contributed by atoms with van der Waals surface area (Å²) in [6.45, 7) is 4.51. The van der Waals surface area contributed by atoms with E-state index in [4.69, 9.17) is 4.74 Å². The molecule has 5 nitrogen and oxygen atoms in total. The Labute approximate surface area is 150 Å². The first-order chi connectivity index (χ1) is 12.5. The van der Waals surface area contributed by atoms with Crippen LogP contribution in [0, 0.1) is 25.5 Å². The summed E-state index contributed by atoms with van der Waals surface area (Å²) in [6.07, 6.45) is 3.36. The molecule has 0 bridgehead atoms. The Kier molecular flexibility index (Phi) is 5.27. The second-order valence-corrected chi connectivity index (χ2v) is 6.04. The second-order valence-electron chi connectivity index (χ2n) is 6.04. The number of aromatic nitrogens is 3. The van der Waals surface area contributed by atoms with Gasteiger partial charge < -0.3 is 14.6 Å². The van der Waals surface area contributed by atoms with Gasteiger partial charge in [0.2, 0.25) is 11.7 Å². The molecule has 0 atom stereocenters. The Morgan fingerprint density at radius 2 is 1.88 bits per heavy atom. The highest BCUT2D eigenvalue weighted by Crippen LogP contribution is 2.28. The van der Waals surface area contributed by atoms with Gasteiger partial charge in [-0.25, -0.2) is 14.4 Å². The van der Waals surface area contributed by atoms with Gasteiger partial charge >= 0.3 is 0 Å². The monoisotopic (exact) mass is 358 g/mol. The fourth-order valence-corrected chi connectivity index (χ4v) is 2.50. The van der Waals surface area contributed by atoms with E-state index in [1.807, 2.05) is 30.8 Å². The second kappa shape index (κ2) is 7.61. The molecule has 26 heavy (non-hydrogen) atoms. The minimum Gasteiger partial charge on any atom is -0.435 e.